The predicted octanol–water partition coefficient (Wildman–Crippen LogP) is 4.78. The minimum absolute atomic E-state index is 0.0424. The topological polar surface area (TPSA) is 105 Å². The highest BCUT2D eigenvalue weighted by atomic mass is 16.5. The minimum Gasteiger partial charge on any atom is -0.481 e. The Morgan fingerprint density at radius 1 is 0.912 bits per heavy atom. The lowest BCUT2D eigenvalue weighted by Gasteiger charge is -2.16. The van der Waals surface area contributed by atoms with Crippen molar-refractivity contribution in [2.24, 2.45) is 0 Å². The minimum atomic E-state index is -0.941. The molecule has 3 N–H and O–H groups in total. The highest BCUT2D eigenvalue weighted by molar-refractivity contribution is 5.97. The van der Waals surface area contributed by atoms with Crippen LogP contribution in [0.25, 0.3) is 11.1 Å². The van der Waals surface area contributed by atoms with Crippen LogP contribution in [0.15, 0.2) is 72.8 Å². The van der Waals surface area contributed by atoms with E-state index < -0.39 is 17.6 Å². The van der Waals surface area contributed by atoms with Crippen LogP contribution in [0.1, 0.15) is 46.7 Å². The monoisotopic (exact) mass is 456 g/mol. The van der Waals surface area contributed by atoms with Gasteiger partial charge in [0.2, 0.25) is 0 Å². The van der Waals surface area contributed by atoms with Gasteiger partial charge in [0.25, 0.3) is 5.91 Å². The number of aliphatic carboxylic acids is 1. The van der Waals surface area contributed by atoms with Crippen LogP contribution >= 0.6 is 0 Å². The lowest BCUT2D eigenvalue weighted by atomic mass is 9.98. The van der Waals surface area contributed by atoms with Crippen LogP contribution in [-0.2, 0) is 9.53 Å². The van der Waals surface area contributed by atoms with Gasteiger partial charge in [-0.1, -0.05) is 54.6 Å². The van der Waals surface area contributed by atoms with E-state index in [-0.39, 0.29) is 24.9 Å². The van der Waals surface area contributed by atoms with Crippen LogP contribution in [0, 0.1) is 0 Å². The van der Waals surface area contributed by atoms with Crippen molar-refractivity contribution in [3.05, 3.63) is 89.5 Å². The van der Waals surface area contributed by atoms with Crippen molar-refractivity contribution in [1.82, 2.24) is 5.32 Å². The highest BCUT2D eigenvalue weighted by Gasteiger charge is 2.45. The molecule has 0 radical (unpaired) electrons. The fourth-order valence-corrected chi connectivity index (χ4v) is 4.59. The standard InChI is InChI=1S/C27H24N2O5/c30-24(31)15-27(12-13-27)29-25(32)17-6-5-7-18(14-17)28-26(33)34-16-23-21-10-3-1-8-19(21)20-9-2-4-11-22(20)23/h1-11,14,23H,12-13,15-16H2,(H,28,33)(H,29,32)(H,30,31). The molecule has 1 fully saturated rings. The molecule has 0 aromatic heterocycles. The van der Waals surface area contributed by atoms with E-state index >= 15 is 0 Å². The van der Waals surface area contributed by atoms with Crippen molar-refractivity contribution in [3.63, 3.8) is 0 Å². The number of anilines is 1. The van der Waals surface area contributed by atoms with E-state index in [9.17, 15) is 14.4 Å². The van der Waals surface area contributed by atoms with Crippen molar-refractivity contribution in [2.75, 3.05) is 11.9 Å². The smallest absolute Gasteiger partial charge is 0.411 e. The number of carboxylic acids is 1. The number of carboxylic acid groups (broad SMARTS) is 1. The fourth-order valence-electron chi connectivity index (χ4n) is 4.59. The lowest BCUT2D eigenvalue weighted by molar-refractivity contribution is -0.137. The van der Waals surface area contributed by atoms with Gasteiger partial charge in [-0.2, -0.15) is 0 Å². The van der Waals surface area contributed by atoms with Gasteiger partial charge in [-0.05, 0) is 53.3 Å². The molecule has 0 bridgehead atoms. The number of hydrogen-bond donors (Lipinski definition) is 3. The Morgan fingerprint density at radius 2 is 1.56 bits per heavy atom. The Hall–Kier alpha value is -4.13. The zero-order valence-corrected chi connectivity index (χ0v) is 18.4. The molecule has 0 heterocycles. The molecule has 0 saturated heterocycles. The van der Waals surface area contributed by atoms with Gasteiger partial charge in [-0.25, -0.2) is 4.79 Å². The van der Waals surface area contributed by atoms with Crippen molar-refractivity contribution in [2.45, 2.75) is 30.7 Å². The summed E-state index contributed by atoms with van der Waals surface area (Å²) in [7, 11) is 0. The molecule has 2 amide bonds. The van der Waals surface area contributed by atoms with Crippen LogP contribution in [0.2, 0.25) is 0 Å². The average molecular weight is 456 g/mol. The third-order valence-electron chi connectivity index (χ3n) is 6.44. The summed E-state index contributed by atoms with van der Waals surface area (Å²) in [6, 6.07) is 22.7. The summed E-state index contributed by atoms with van der Waals surface area (Å²) in [5.41, 5.74) is 4.67. The Labute approximate surface area is 196 Å². The molecule has 0 atom stereocenters. The lowest BCUT2D eigenvalue weighted by Crippen LogP contribution is -2.38. The predicted molar refractivity (Wildman–Crippen MR) is 127 cm³/mol. The molecular weight excluding hydrogens is 432 g/mol. The van der Waals surface area contributed by atoms with E-state index in [2.05, 4.69) is 34.9 Å². The molecule has 2 aliphatic carbocycles. The number of amides is 2. The van der Waals surface area contributed by atoms with Crippen molar-refractivity contribution < 1.29 is 24.2 Å². The number of hydrogen-bond acceptors (Lipinski definition) is 4. The number of carbonyl (C=O) groups is 3. The van der Waals surface area contributed by atoms with Crippen LogP contribution in [0.4, 0.5) is 10.5 Å². The first-order chi connectivity index (χ1) is 16.4. The maximum Gasteiger partial charge on any atom is 0.411 e. The fraction of sp³-hybridized carbons (Fsp3) is 0.222. The van der Waals surface area contributed by atoms with Gasteiger partial charge >= 0.3 is 12.1 Å². The first-order valence-corrected chi connectivity index (χ1v) is 11.2. The third kappa shape index (κ3) is 4.37. The van der Waals surface area contributed by atoms with E-state index in [0.29, 0.717) is 24.1 Å². The summed E-state index contributed by atoms with van der Waals surface area (Å²) in [6.07, 6.45) is 0.575. The van der Waals surface area contributed by atoms with Crippen molar-refractivity contribution in [3.8, 4) is 11.1 Å². The summed E-state index contributed by atoms with van der Waals surface area (Å²) in [5.74, 6) is -1.35. The van der Waals surface area contributed by atoms with E-state index in [4.69, 9.17) is 9.84 Å². The molecule has 0 aliphatic heterocycles. The summed E-state index contributed by atoms with van der Waals surface area (Å²) < 4.78 is 5.56. The van der Waals surface area contributed by atoms with Gasteiger partial charge in [0, 0.05) is 17.2 Å². The molecular formula is C27H24N2O5. The molecule has 0 spiro atoms. The van der Waals surface area contributed by atoms with Gasteiger partial charge in [-0.15, -0.1) is 0 Å². The normalized spacial score (nSPS) is 15.1. The second-order valence-corrected chi connectivity index (χ2v) is 8.84. The van der Waals surface area contributed by atoms with Crippen LogP contribution in [0.5, 0.6) is 0 Å². The molecule has 3 aromatic carbocycles. The largest absolute Gasteiger partial charge is 0.481 e. The molecule has 5 rings (SSSR count). The number of nitrogens with one attached hydrogen (secondary N) is 2. The molecule has 7 nitrogen and oxygen atoms in total. The van der Waals surface area contributed by atoms with E-state index in [0.717, 1.165) is 22.3 Å². The van der Waals surface area contributed by atoms with Gasteiger partial charge in [0.15, 0.2) is 0 Å². The maximum absolute atomic E-state index is 12.6. The first-order valence-electron chi connectivity index (χ1n) is 11.2. The van der Waals surface area contributed by atoms with Crippen LogP contribution in [-0.4, -0.2) is 35.2 Å². The second kappa shape index (κ2) is 8.67. The Balaban J connectivity index is 1.22. The SMILES string of the molecule is O=C(O)CC1(NC(=O)c2cccc(NC(=O)OCC3c4ccccc4-c4ccccc43)c2)CC1. The number of carbonyl (C=O) groups excluding carboxylic acids is 2. The van der Waals surface area contributed by atoms with E-state index in [1.165, 1.54) is 0 Å². The Bertz CT molecular complexity index is 1240. The summed E-state index contributed by atoms with van der Waals surface area (Å²) in [6.45, 7) is 0.192. The number of benzene rings is 3. The summed E-state index contributed by atoms with van der Waals surface area (Å²) in [4.78, 5) is 36.2. The van der Waals surface area contributed by atoms with Gasteiger partial charge in [-0.3, -0.25) is 14.9 Å². The third-order valence-corrected chi connectivity index (χ3v) is 6.44. The summed E-state index contributed by atoms with van der Waals surface area (Å²) >= 11 is 0. The number of rotatable bonds is 7. The molecule has 172 valence electrons. The van der Waals surface area contributed by atoms with E-state index in [1.54, 1.807) is 24.3 Å². The number of fused-ring (bicyclic) bond motifs is 3. The molecule has 34 heavy (non-hydrogen) atoms. The first kappa shape index (κ1) is 21.7. The van der Waals surface area contributed by atoms with Crippen LogP contribution in [0.3, 0.4) is 0 Å². The van der Waals surface area contributed by atoms with Gasteiger partial charge in [0.1, 0.15) is 6.61 Å². The van der Waals surface area contributed by atoms with Gasteiger partial charge in [0.05, 0.1) is 12.0 Å². The molecule has 1 saturated carbocycles. The highest BCUT2D eigenvalue weighted by Crippen LogP contribution is 2.44. The quantitative estimate of drug-likeness (QED) is 0.474. The average Bonchev–Trinajstić information content (AvgIpc) is 3.49. The second-order valence-electron chi connectivity index (χ2n) is 8.84. The Morgan fingerprint density at radius 3 is 2.18 bits per heavy atom. The summed E-state index contributed by atoms with van der Waals surface area (Å²) in [5, 5.41) is 14.5. The van der Waals surface area contributed by atoms with Crippen LogP contribution < -0.4 is 10.6 Å². The zero-order valence-electron chi connectivity index (χ0n) is 18.4. The van der Waals surface area contributed by atoms with Gasteiger partial charge < -0.3 is 15.2 Å². The van der Waals surface area contributed by atoms with Crippen molar-refractivity contribution >= 4 is 23.7 Å². The Kier molecular flexibility index (Phi) is 5.53. The zero-order chi connectivity index (χ0) is 23.7. The number of ether oxygens (including phenoxy) is 1. The van der Waals surface area contributed by atoms with Crippen molar-refractivity contribution in [1.29, 1.82) is 0 Å². The molecule has 3 aromatic rings. The molecule has 2 aliphatic rings. The molecule has 7 heteroatoms. The molecule has 0 unspecified atom stereocenters. The maximum atomic E-state index is 12.6. The van der Waals surface area contributed by atoms with E-state index in [1.807, 2.05) is 24.3 Å².